The molecule has 17 heavy (non-hydrogen) atoms. The standard InChI is InChI=1S/C13H17N3O/c1-9-6-10(2)8-11(7-9)14-12(17)4-5-13(3)15-16-13/h6-8H,4-5H2,1-3H3,(H,14,17). The van der Waals surface area contributed by atoms with Gasteiger partial charge in [0.15, 0.2) is 5.66 Å². The lowest BCUT2D eigenvalue weighted by atomic mass is 10.1. The van der Waals surface area contributed by atoms with Crippen molar-refractivity contribution in [3.05, 3.63) is 29.3 Å². The zero-order chi connectivity index (χ0) is 12.5. The van der Waals surface area contributed by atoms with Crippen molar-refractivity contribution >= 4 is 11.6 Å². The molecule has 1 amide bonds. The molecule has 1 aromatic rings. The Kier molecular flexibility index (Phi) is 2.96. The van der Waals surface area contributed by atoms with Crippen LogP contribution in [0.4, 0.5) is 5.69 Å². The molecule has 0 atom stereocenters. The third-order valence-electron chi connectivity index (χ3n) is 2.77. The van der Waals surface area contributed by atoms with Crippen LogP contribution in [0.3, 0.4) is 0 Å². The number of carbonyl (C=O) groups excluding carboxylic acids is 1. The van der Waals surface area contributed by atoms with E-state index < -0.39 is 0 Å². The fraction of sp³-hybridized carbons (Fsp3) is 0.462. The summed E-state index contributed by atoms with van der Waals surface area (Å²) in [5.41, 5.74) is 2.88. The van der Waals surface area contributed by atoms with Gasteiger partial charge in [0, 0.05) is 18.5 Å². The van der Waals surface area contributed by atoms with Gasteiger partial charge in [-0.05, 0) is 44.0 Å². The lowest BCUT2D eigenvalue weighted by molar-refractivity contribution is -0.116. The normalized spacial score (nSPS) is 15.7. The summed E-state index contributed by atoms with van der Waals surface area (Å²) in [6, 6.07) is 6.02. The van der Waals surface area contributed by atoms with E-state index in [1.54, 1.807) is 0 Å². The van der Waals surface area contributed by atoms with E-state index in [2.05, 4.69) is 21.6 Å². The van der Waals surface area contributed by atoms with Gasteiger partial charge in [-0.1, -0.05) is 6.07 Å². The van der Waals surface area contributed by atoms with E-state index >= 15 is 0 Å². The molecule has 2 rings (SSSR count). The summed E-state index contributed by atoms with van der Waals surface area (Å²) in [5, 5.41) is 10.7. The van der Waals surface area contributed by atoms with Crippen LogP contribution in [-0.4, -0.2) is 11.6 Å². The second kappa shape index (κ2) is 4.28. The van der Waals surface area contributed by atoms with Gasteiger partial charge in [0.2, 0.25) is 5.91 Å². The van der Waals surface area contributed by atoms with Crippen LogP contribution in [0.15, 0.2) is 28.4 Å². The maximum Gasteiger partial charge on any atom is 0.224 e. The summed E-state index contributed by atoms with van der Waals surface area (Å²) in [6.07, 6.45) is 1.14. The fourth-order valence-corrected chi connectivity index (χ4v) is 1.81. The zero-order valence-electron chi connectivity index (χ0n) is 10.4. The molecule has 0 radical (unpaired) electrons. The first-order chi connectivity index (χ1) is 7.97. The van der Waals surface area contributed by atoms with Crippen LogP contribution in [0.2, 0.25) is 0 Å². The van der Waals surface area contributed by atoms with Crippen LogP contribution in [0, 0.1) is 13.8 Å². The summed E-state index contributed by atoms with van der Waals surface area (Å²) < 4.78 is 0. The molecule has 1 heterocycles. The van der Waals surface area contributed by atoms with Gasteiger partial charge in [-0.15, -0.1) is 0 Å². The van der Waals surface area contributed by atoms with Crippen LogP contribution in [-0.2, 0) is 4.79 Å². The van der Waals surface area contributed by atoms with Crippen molar-refractivity contribution in [1.29, 1.82) is 0 Å². The van der Waals surface area contributed by atoms with Gasteiger partial charge in [0.25, 0.3) is 0 Å². The molecule has 90 valence electrons. The highest BCUT2D eigenvalue weighted by molar-refractivity contribution is 5.90. The van der Waals surface area contributed by atoms with Gasteiger partial charge in [-0.25, -0.2) is 0 Å². The van der Waals surface area contributed by atoms with E-state index in [0.29, 0.717) is 12.8 Å². The smallest absolute Gasteiger partial charge is 0.224 e. The Morgan fingerprint density at radius 2 is 1.82 bits per heavy atom. The highest BCUT2D eigenvalue weighted by Crippen LogP contribution is 2.32. The molecule has 0 aromatic heterocycles. The molecule has 0 bridgehead atoms. The molecule has 1 aliphatic heterocycles. The van der Waals surface area contributed by atoms with Crippen LogP contribution >= 0.6 is 0 Å². The van der Waals surface area contributed by atoms with Crippen molar-refractivity contribution in [2.75, 3.05) is 5.32 Å². The van der Waals surface area contributed by atoms with Crippen molar-refractivity contribution in [3.63, 3.8) is 0 Å². The average molecular weight is 231 g/mol. The van der Waals surface area contributed by atoms with Crippen molar-refractivity contribution in [1.82, 2.24) is 0 Å². The zero-order valence-corrected chi connectivity index (χ0v) is 10.4. The molecule has 0 spiro atoms. The molecular formula is C13H17N3O. The number of nitrogens with zero attached hydrogens (tertiary/aromatic N) is 2. The number of anilines is 1. The molecule has 0 fully saturated rings. The van der Waals surface area contributed by atoms with Crippen LogP contribution in [0.1, 0.15) is 30.9 Å². The summed E-state index contributed by atoms with van der Waals surface area (Å²) in [6.45, 7) is 5.97. The van der Waals surface area contributed by atoms with Crippen molar-refractivity contribution in [3.8, 4) is 0 Å². The Balaban J connectivity index is 1.88. The maximum absolute atomic E-state index is 11.7. The Hall–Kier alpha value is -1.71. The molecule has 0 aliphatic carbocycles. The SMILES string of the molecule is Cc1cc(C)cc(NC(=O)CCC2(C)N=N2)c1. The van der Waals surface area contributed by atoms with E-state index in [0.717, 1.165) is 16.8 Å². The fourth-order valence-electron chi connectivity index (χ4n) is 1.81. The number of rotatable bonds is 4. The summed E-state index contributed by atoms with van der Waals surface area (Å²) in [7, 11) is 0. The predicted molar refractivity (Wildman–Crippen MR) is 67.0 cm³/mol. The maximum atomic E-state index is 11.7. The highest BCUT2D eigenvalue weighted by Gasteiger charge is 2.33. The Bertz CT molecular complexity index is 453. The van der Waals surface area contributed by atoms with Crippen molar-refractivity contribution in [2.45, 2.75) is 39.3 Å². The lowest BCUT2D eigenvalue weighted by Gasteiger charge is -2.08. The quantitative estimate of drug-likeness (QED) is 0.850. The highest BCUT2D eigenvalue weighted by atomic mass is 16.1. The summed E-state index contributed by atoms with van der Waals surface area (Å²) in [4.78, 5) is 11.7. The Morgan fingerprint density at radius 3 is 2.35 bits per heavy atom. The minimum absolute atomic E-state index is 0.0218. The van der Waals surface area contributed by atoms with Crippen molar-refractivity contribution in [2.24, 2.45) is 10.2 Å². The molecule has 0 unspecified atom stereocenters. The number of carbonyl (C=O) groups is 1. The second-order valence-corrected chi connectivity index (χ2v) is 4.84. The molecule has 1 aliphatic rings. The number of hydrogen-bond donors (Lipinski definition) is 1. The number of aryl methyl sites for hydroxylation is 2. The Morgan fingerprint density at radius 1 is 1.24 bits per heavy atom. The molecule has 0 saturated heterocycles. The van der Waals surface area contributed by atoms with Crippen LogP contribution < -0.4 is 5.32 Å². The lowest BCUT2D eigenvalue weighted by Crippen LogP contribution is -2.15. The van der Waals surface area contributed by atoms with E-state index in [9.17, 15) is 4.79 Å². The first-order valence-corrected chi connectivity index (χ1v) is 5.79. The minimum Gasteiger partial charge on any atom is -0.326 e. The largest absolute Gasteiger partial charge is 0.326 e. The first kappa shape index (κ1) is 11.8. The Labute approximate surface area is 101 Å². The topological polar surface area (TPSA) is 53.8 Å². The van der Waals surface area contributed by atoms with Crippen LogP contribution in [0.25, 0.3) is 0 Å². The van der Waals surface area contributed by atoms with Gasteiger partial charge < -0.3 is 5.32 Å². The van der Waals surface area contributed by atoms with Gasteiger partial charge >= 0.3 is 0 Å². The molecule has 0 saturated carbocycles. The van der Waals surface area contributed by atoms with E-state index in [-0.39, 0.29) is 11.6 Å². The molecule has 4 nitrogen and oxygen atoms in total. The minimum atomic E-state index is -0.292. The van der Waals surface area contributed by atoms with Gasteiger partial charge in [-0.3, -0.25) is 4.79 Å². The van der Waals surface area contributed by atoms with E-state index in [1.807, 2.05) is 32.9 Å². The van der Waals surface area contributed by atoms with Gasteiger partial charge in [-0.2, -0.15) is 10.2 Å². The van der Waals surface area contributed by atoms with Gasteiger partial charge in [0.1, 0.15) is 0 Å². The average Bonchev–Trinajstić information content (AvgIpc) is 2.93. The number of nitrogens with one attached hydrogen (secondary N) is 1. The van der Waals surface area contributed by atoms with Crippen LogP contribution in [0.5, 0.6) is 0 Å². The predicted octanol–water partition coefficient (Wildman–Crippen LogP) is 3.20. The van der Waals surface area contributed by atoms with E-state index in [1.165, 1.54) is 0 Å². The first-order valence-electron chi connectivity index (χ1n) is 5.79. The van der Waals surface area contributed by atoms with Crippen molar-refractivity contribution < 1.29 is 4.79 Å². The third kappa shape index (κ3) is 3.37. The number of amides is 1. The van der Waals surface area contributed by atoms with E-state index in [4.69, 9.17) is 0 Å². The molecular weight excluding hydrogens is 214 g/mol. The number of benzene rings is 1. The third-order valence-corrected chi connectivity index (χ3v) is 2.77. The molecule has 4 heteroatoms. The molecule has 1 N–H and O–H groups in total. The summed E-state index contributed by atoms with van der Waals surface area (Å²) >= 11 is 0. The number of hydrogen-bond acceptors (Lipinski definition) is 3. The monoisotopic (exact) mass is 231 g/mol. The summed E-state index contributed by atoms with van der Waals surface area (Å²) in [5.74, 6) is 0.0218. The molecule has 1 aromatic carbocycles. The second-order valence-electron chi connectivity index (χ2n) is 4.84. The van der Waals surface area contributed by atoms with Gasteiger partial charge in [0.05, 0.1) is 0 Å².